The maximum atomic E-state index is 12.6. The highest BCUT2D eigenvalue weighted by atomic mass is 79.9. The molecule has 29 heavy (non-hydrogen) atoms. The molecule has 0 atom stereocenters. The third-order valence-corrected chi connectivity index (χ3v) is 5.07. The minimum atomic E-state index is -0.623. The number of benzene rings is 2. The van der Waals surface area contributed by atoms with Crippen molar-refractivity contribution >= 4 is 33.6 Å². The van der Waals surface area contributed by atoms with E-state index in [-0.39, 0.29) is 0 Å². The van der Waals surface area contributed by atoms with Gasteiger partial charge in [0.15, 0.2) is 0 Å². The Hall–Kier alpha value is -3.06. The van der Waals surface area contributed by atoms with Crippen molar-refractivity contribution in [2.24, 2.45) is 0 Å². The zero-order valence-corrected chi connectivity index (χ0v) is 17.8. The van der Waals surface area contributed by atoms with E-state index < -0.39 is 17.9 Å². The number of rotatable bonds is 5. The number of esters is 2. The number of ether oxygens (including phenoxy) is 3. The van der Waals surface area contributed by atoms with Crippen LogP contribution in [0, 0.1) is 0 Å². The van der Waals surface area contributed by atoms with Crippen molar-refractivity contribution in [3.63, 3.8) is 0 Å². The Kier molecular flexibility index (Phi) is 6.39. The Morgan fingerprint density at radius 3 is 1.97 bits per heavy atom. The molecule has 0 aromatic heterocycles. The summed E-state index contributed by atoms with van der Waals surface area (Å²) in [4.78, 5) is 27.0. The molecule has 150 valence electrons. The zero-order chi connectivity index (χ0) is 21.0. The molecule has 2 aromatic rings. The molecule has 7 heteroatoms. The lowest BCUT2D eigenvalue weighted by Gasteiger charge is -2.30. The molecule has 0 spiro atoms. The first-order valence-corrected chi connectivity index (χ1v) is 9.55. The number of hydrogen-bond donors (Lipinski definition) is 0. The van der Waals surface area contributed by atoms with Crippen LogP contribution in [0.3, 0.4) is 0 Å². The second kappa shape index (κ2) is 8.96. The Morgan fingerprint density at radius 1 is 0.897 bits per heavy atom. The van der Waals surface area contributed by atoms with Crippen LogP contribution >= 0.6 is 15.9 Å². The van der Waals surface area contributed by atoms with Crippen molar-refractivity contribution in [3.8, 4) is 5.75 Å². The molecular weight excluding hydrogens is 438 g/mol. The normalized spacial score (nSPS) is 14.0. The highest BCUT2D eigenvalue weighted by Crippen LogP contribution is 2.39. The van der Waals surface area contributed by atoms with Crippen LogP contribution in [0.1, 0.15) is 11.5 Å². The summed E-state index contributed by atoms with van der Waals surface area (Å²) in [5.41, 5.74) is 2.16. The molecule has 0 unspecified atom stereocenters. The van der Waals surface area contributed by atoms with Gasteiger partial charge in [0.1, 0.15) is 5.75 Å². The van der Waals surface area contributed by atoms with Crippen molar-refractivity contribution in [1.29, 1.82) is 0 Å². The van der Waals surface area contributed by atoms with Crippen LogP contribution in [0.25, 0.3) is 0 Å². The summed E-state index contributed by atoms with van der Waals surface area (Å²) in [7, 11) is 4.22. The first kappa shape index (κ1) is 20.7. The van der Waals surface area contributed by atoms with Crippen molar-refractivity contribution < 1.29 is 23.8 Å². The Bertz CT molecular complexity index is 947. The van der Waals surface area contributed by atoms with Crippen LogP contribution < -0.4 is 9.64 Å². The fourth-order valence-corrected chi connectivity index (χ4v) is 3.60. The van der Waals surface area contributed by atoms with Gasteiger partial charge in [0.25, 0.3) is 0 Å². The molecule has 0 radical (unpaired) electrons. The third kappa shape index (κ3) is 4.35. The van der Waals surface area contributed by atoms with E-state index in [9.17, 15) is 9.59 Å². The van der Waals surface area contributed by atoms with Crippen molar-refractivity contribution in [3.05, 3.63) is 82.1 Å². The van der Waals surface area contributed by atoms with E-state index in [2.05, 4.69) is 15.9 Å². The first-order valence-electron chi connectivity index (χ1n) is 8.76. The lowest BCUT2D eigenvalue weighted by molar-refractivity contribution is -0.137. The predicted octanol–water partition coefficient (Wildman–Crippen LogP) is 4.18. The molecule has 1 aliphatic heterocycles. The van der Waals surface area contributed by atoms with E-state index in [1.54, 1.807) is 36.5 Å². The van der Waals surface area contributed by atoms with Gasteiger partial charge in [0.2, 0.25) is 0 Å². The molecule has 1 heterocycles. The third-order valence-electron chi connectivity index (χ3n) is 4.57. The molecule has 0 saturated carbocycles. The maximum Gasteiger partial charge on any atom is 0.336 e. The quantitative estimate of drug-likeness (QED) is 0.627. The van der Waals surface area contributed by atoms with Gasteiger partial charge in [-0.2, -0.15) is 0 Å². The average molecular weight is 458 g/mol. The van der Waals surface area contributed by atoms with Gasteiger partial charge in [-0.1, -0.05) is 28.1 Å². The summed E-state index contributed by atoms with van der Waals surface area (Å²) in [6.07, 6.45) is 3.34. The van der Waals surface area contributed by atoms with Gasteiger partial charge in [-0.15, -0.1) is 0 Å². The molecule has 2 aromatic carbocycles. The monoisotopic (exact) mass is 457 g/mol. The fourth-order valence-electron chi connectivity index (χ4n) is 3.18. The molecule has 3 rings (SSSR count). The summed E-state index contributed by atoms with van der Waals surface area (Å²) in [5, 5.41) is 0. The van der Waals surface area contributed by atoms with E-state index in [1.807, 2.05) is 36.4 Å². The van der Waals surface area contributed by atoms with Gasteiger partial charge in [-0.25, -0.2) is 9.59 Å². The molecule has 0 amide bonds. The van der Waals surface area contributed by atoms with Gasteiger partial charge in [-0.3, -0.25) is 0 Å². The SMILES string of the molecule is COC(=O)C1=CN(c2ccc(OC)cc2)C=C(C(=O)OC)C1c1cccc(Br)c1. The Morgan fingerprint density at radius 2 is 1.48 bits per heavy atom. The standard InChI is InChI=1S/C22H20BrNO5/c1-27-17-9-7-16(8-10-17)24-12-18(21(25)28-2)20(19(13-24)22(26)29-3)14-5-4-6-15(23)11-14/h4-13,20H,1-3H3. The number of carbonyl (C=O) groups excluding carboxylic acids is 2. The summed E-state index contributed by atoms with van der Waals surface area (Å²) < 4.78 is 16.0. The topological polar surface area (TPSA) is 65.1 Å². The van der Waals surface area contributed by atoms with Crippen LogP contribution in [-0.2, 0) is 19.1 Å². The molecule has 0 saturated heterocycles. The van der Waals surface area contributed by atoms with Crippen LogP contribution in [0.4, 0.5) is 5.69 Å². The lowest BCUT2D eigenvalue weighted by atomic mass is 9.83. The number of carbonyl (C=O) groups is 2. The van der Waals surface area contributed by atoms with Gasteiger partial charge in [0.05, 0.1) is 38.4 Å². The number of halogens is 1. The lowest BCUT2D eigenvalue weighted by Crippen LogP contribution is -2.28. The van der Waals surface area contributed by atoms with E-state index in [0.29, 0.717) is 16.9 Å². The predicted molar refractivity (Wildman–Crippen MR) is 113 cm³/mol. The van der Waals surface area contributed by atoms with Gasteiger partial charge >= 0.3 is 11.9 Å². The second-order valence-electron chi connectivity index (χ2n) is 6.25. The summed E-state index contributed by atoms with van der Waals surface area (Å²) >= 11 is 3.45. The van der Waals surface area contributed by atoms with Crippen LogP contribution in [-0.4, -0.2) is 33.3 Å². The van der Waals surface area contributed by atoms with E-state index in [4.69, 9.17) is 14.2 Å². The van der Waals surface area contributed by atoms with Gasteiger partial charge < -0.3 is 19.1 Å². The molecule has 0 fully saturated rings. The Balaban J connectivity index is 2.15. The van der Waals surface area contributed by atoms with Crippen LogP contribution in [0.15, 0.2) is 76.5 Å². The van der Waals surface area contributed by atoms with E-state index >= 15 is 0 Å². The van der Waals surface area contributed by atoms with Crippen molar-refractivity contribution in [2.75, 3.05) is 26.2 Å². The number of methoxy groups -OCH3 is 3. The molecule has 0 aliphatic carbocycles. The minimum Gasteiger partial charge on any atom is -0.497 e. The molecule has 1 aliphatic rings. The fraction of sp³-hybridized carbons (Fsp3) is 0.182. The molecule has 6 nitrogen and oxygen atoms in total. The Labute approximate surface area is 177 Å². The highest BCUT2D eigenvalue weighted by molar-refractivity contribution is 9.10. The number of anilines is 1. The van der Waals surface area contributed by atoms with Gasteiger partial charge in [-0.05, 0) is 42.0 Å². The molecule has 0 N–H and O–H groups in total. The smallest absolute Gasteiger partial charge is 0.336 e. The van der Waals surface area contributed by atoms with E-state index in [1.165, 1.54) is 14.2 Å². The van der Waals surface area contributed by atoms with Crippen molar-refractivity contribution in [1.82, 2.24) is 0 Å². The average Bonchev–Trinajstić information content (AvgIpc) is 2.77. The number of nitrogens with zero attached hydrogens (tertiary/aromatic N) is 1. The van der Waals surface area contributed by atoms with Crippen LogP contribution in [0.5, 0.6) is 5.75 Å². The van der Waals surface area contributed by atoms with Gasteiger partial charge in [0, 0.05) is 22.6 Å². The van der Waals surface area contributed by atoms with Crippen molar-refractivity contribution in [2.45, 2.75) is 5.92 Å². The maximum absolute atomic E-state index is 12.6. The summed E-state index contributed by atoms with van der Waals surface area (Å²) in [6, 6.07) is 14.7. The summed E-state index contributed by atoms with van der Waals surface area (Å²) in [6.45, 7) is 0. The van der Waals surface area contributed by atoms with Crippen LogP contribution in [0.2, 0.25) is 0 Å². The number of hydrogen-bond acceptors (Lipinski definition) is 6. The summed E-state index contributed by atoms with van der Waals surface area (Å²) in [5.74, 6) is -0.972. The molecular formula is C22H20BrNO5. The van der Waals surface area contributed by atoms with E-state index in [0.717, 1.165) is 15.7 Å². The largest absolute Gasteiger partial charge is 0.497 e. The molecule has 0 bridgehead atoms. The minimum absolute atomic E-state index is 0.323. The first-order chi connectivity index (χ1) is 14.0. The zero-order valence-electron chi connectivity index (χ0n) is 16.2. The highest BCUT2D eigenvalue weighted by Gasteiger charge is 2.35. The second-order valence-corrected chi connectivity index (χ2v) is 7.16.